The molecule has 0 bridgehead atoms. The highest BCUT2D eigenvalue weighted by Crippen LogP contribution is 2.27. The highest BCUT2D eigenvalue weighted by Gasteiger charge is 2.30. The van der Waals surface area contributed by atoms with Crippen molar-refractivity contribution in [3.05, 3.63) is 35.4 Å². The largest absolute Gasteiger partial charge is 0.375 e. The summed E-state index contributed by atoms with van der Waals surface area (Å²) in [6, 6.07) is 8.99. The first kappa shape index (κ1) is 17.5. The van der Waals surface area contributed by atoms with Gasteiger partial charge in [0.2, 0.25) is 0 Å². The average molecular weight is 304 g/mol. The standard InChI is InChI=1S/C19H32N2O/c1-16(15-22-19(2)10-12-21(5)13-11-19)18-8-6-17(7-9-18)14-20(3)4/h6-9,16H,10-15H2,1-5H3. The molecule has 0 aliphatic carbocycles. The van der Waals surface area contributed by atoms with Crippen LogP contribution in [-0.2, 0) is 11.3 Å². The summed E-state index contributed by atoms with van der Waals surface area (Å²) >= 11 is 0. The van der Waals surface area contributed by atoms with Crippen molar-refractivity contribution in [3.63, 3.8) is 0 Å². The maximum atomic E-state index is 6.29. The molecule has 1 aromatic carbocycles. The van der Waals surface area contributed by atoms with E-state index in [0.29, 0.717) is 5.92 Å². The molecule has 0 saturated carbocycles. The van der Waals surface area contributed by atoms with Gasteiger partial charge >= 0.3 is 0 Å². The first-order chi connectivity index (χ1) is 10.4. The van der Waals surface area contributed by atoms with E-state index in [4.69, 9.17) is 4.74 Å². The van der Waals surface area contributed by atoms with Crippen LogP contribution >= 0.6 is 0 Å². The van der Waals surface area contributed by atoms with E-state index in [9.17, 15) is 0 Å². The van der Waals surface area contributed by atoms with E-state index in [-0.39, 0.29) is 5.60 Å². The summed E-state index contributed by atoms with van der Waals surface area (Å²) in [4.78, 5) is 4.58. The van der Waals surface area contributed by atoms with Gasteiger partial charge in [-0.05, 0) is 52.0 Å². The molecule has 1 saturated heterocycles. The van der Waals surface area contributed by atoms with Crippen LogP contribution in [0.5, 0.6) is 0 Å². The van der Waals surface area contributed by atoms with Crippen LogP contribution < -0.4 is 0 Å². The number of hydrogen-bond acceptors (Lipinski definition) is 3. The molecule has 22 heavy (non-hydrogen) atoms. The summed E-state index contributed by atoms with van der Waals surface area (Å²) in [6.45, 7) is 8.63. The summed E-state index contributed by atoms with van der Waals surface area (Å²) in [5.41, 5.74) is 2.80. The van der Waals surface area contributed by atoms with Crippen LogP contribution in [0, 0.1) is 0 Å². The van der Waals surface area contributed by atoms with Gasteiger partial charge < -0.3 is 14.5 Å². The minimum absolute atomic E-state index is 0.0611. The second-order valence-electron chi connectivity index (χ2n) is 7.44. The quantitative estimate of drug-likeness (QED) is 0.801. The lowest BCUT2D eigenvalue weighted by Gasteiger charge is -2.38. The molecule has 124 valence electrons. The molecule has 1 aromatic rings. The fraction of sp³-hybridized carbons (Fsp3) is 0.684. The predicted molar refractivity (Wildman–Crippen MR) is 93.3 cm³/mol. The van der Waals surface area contributed by atoms with Crippen LogP contribution in [0.2, 0.25) is 0 Å². The van der Waals surface area contributed by atoms with Crippen LogP contribution in [0.25, 0.3) is 0 Å². The zero-order valence-electron chi connectivity index (χ0n) is 14.9. The van der Waals surface area contributed by atoms with Crippen LogP contribution in [0.3, 0.4) is 0 Å². The molecule has 1 heterocycles. The Kier molecular flexibility index (Phi) is 6.01. The molecule has 1 unspecified atom stereocenters. The van der Waals surface area contributed by atoms with Crippen molar-refractivity contribution in [3.8, 4) is 0 Å². The lowest BCUT2D eigenvalue weighted by atomic mass is 9.93. The summed E-state index contributed by atoms with van der Waals surface area (Å²) in [5.74, 6) is 0.449. The minimum Gasteiger partial charge on any atom is -0.375 e. The molecule has 0 aromatic heterocycles. The van der Waals surface area contributed by atoms with Gasteiger partial charge in [-0.1, -0.05) is 31.2 Å². The molecule has 3 nitrogen and oxygen atoms in total. The molecule has 0 N–H and O–H groups in total. The Labute approximate surface area is 136 Å². The summed E-state index contributed by atoms with van der Waals surface area (Å²) in [6.07, 6.45) is 2.27. The zero-order chi connectivity index (χ0) is 16.2. The van der Waals surface area contributed by atoms with Crippen molar-refractivity contribution in [2.75, 3.05) is 40.8 Å². The molecule has 3 heteroatoms. The maximum absolute atomic E-state index is 6.29. The molecular weight excluding hydrogens is 272 g/mol. The molecule has 0 amide bonds. The van der Waals surface area contributed by atoms with Crippen molar-refractivity contribution in [2.45, 2.75) is 44.8 Å². The van der Waals surface area contributed by atoms with Gasteiger partial charge in [0.15, 0.2) is 0 Å². The SMILES string of the molecule is CC(COC1(C)CCN(C)CC1)c1ccc(CN(C)C)cc1. The molecular formula is C19H32N2O. The molecule has 1 aliphatic rings. The minimum atomic E-state index is 0.0611. The number of likely N-dealkylation sites (tertiary alicyclic amines) is 1. The summed E-state index contributed by atoms with van der Waals surface area (Å²) < 4.78 is 6.29. The molecule has 0 radical (unpaired) electrons. The lowest BCUT2D eigenvalue weighted by Crippen LogP contribution is -2.43. The van der Waals surface area contributed by atoms with E-state index < -0.39 is 0 Å². The summed E-state index contributed by atoms with van der Waals surface area (Å²) in [7, 11) is 6.40. The van der Waals surface area contributed by atoms with Gasteiger partial charge in [0.25, 0.3) is 0 Å². The van der Waals surface area contributed by atoms with E-state index in [0.717, 1.165) is 39.1 Å². The Morgan fingerprint density at radius 3 is 2.32 bits per heavy atom. The van der Waals surface area contributed by atoms with E-state index in [1.54, 1.807) is 0 Å². The van der Waals surface area contributed by atoms with E-state index in [2.05, 4.69) is 69.1 Å². The number of benzene rings is 1. The Morgan fingerprint density at radius 2 is 1.77 bits per heavy atom. The van der Waals surface area contributed by atoms with Crippen LogP contribution in [0.4, 0.5) is 0 Å². The lowest BCUT2D eigenvalue weighted by molar-refractivity contribution is -0.0717. The Bertz CT molecular complexity index is 447. The van der Waals surface area contributed by atoms with Crippen LogP contribution in [0.15, 0.2) is 24.3 Å². The fourth-order valence-electron chi connectivity index (χ4n) is 2.98. The van der Waals surface area contributed by atoms with Crippen LogP contribution in [0.1, 0.15) is 43.7 Å². The zero-order valence-corrected chi connectivity index (χ0v) is 14.9. The van der Waals surface area contributed by atoms with Gasteiger partial charge in [0, 0.05) is 25.6 Å². The number of hydrogen-bond donors (Lipinski definition) is 0. The van der Waals surface area contributed by atoms with Gasteiger partial charge in [0.1, 0.15) is 0 Å². The van der Waals surface area contributed by atoms with Crippen molar-refractivity contribution < 1.29 is 4.74 Å². The average Bonchev–Trinajstić information content (AvgIpc) is 2.48. The van der Waals surface area contributed by atoms with Gasteiger partial charge in [0.05, 0.1) is 12.2 Å². The monoisotopic (exact) mass is 304 g/mol. The topological polar surface area (TPSA) is 15.7 Å². The first-order valence-corrected chi connectivity index (χ1v) is 8.44. The number of ether oxygens (including phenoxy) is 1. The van der Waals surface area contributed by atoms with Crippen LogP contribution in [-0.4, -0.2) is 56.2 Å². The van der Waals surface area contributed by atoms with Gasteiger partial charge in [-0.3, -0.25) is 0 Å². The van der Waals surface area contributed by atoms with Crippen molar-refractivity contribution in [1.29, 1.82) is 0 Å². The third-order valence-corrected chi connectivity index (χ3v) is 4.77. The maximum Gasteiger partial charge on any atom is 0.0679 e. The Balaban J connectivity index is 1.85. The van der Waals surface area contributed by atoms with Gasteiger partial charge in [-0.15, -0.1) is 0 Å². The Morgan fingerprint density at radius 1 is 1.18 bits per heavy atom. The van der Waals surface area contributed by atoms with Gasteiger partial charge in [-0.2, -0.15) is 0 Å². The molecule has 1 atom stereocenters. The van der Waals surface area contributed by atoms with Crippen molar-refractivity contribution in [2.24, 2.45) is 0 Å². The van der Waals surface area contributed by atoms with Crippen molar-refractivity contribution in [1.82, 2.24) is 9.80 Å². The third kappa shape index (κ3) is 5.08. The summed E-state index contributed by atoms with van der Waals surface area (Å²) in [5, 5.41) is 0. The van der Waals surface area contributed by atoms with Crippen molar-refractivity contribution >= 4 is 0 Å². The van der Waals surface area contributed by atoms with E-state index in [1.165, 1.54) is 11.1 Å². The molecule has 0 spiro atoms. The van der Waals surface area contributed by atoms with Gasteiger partial charge in [-0.25, -0.2) is 0 Å². The molecule has 2 rings (SSSR count). The highest BCUT2D eigenvalue weighted by atomic mass is 16.5. The number of piperidine rings is 1. The molecule has 1 fully saturated rings. The second-order valence-corrected chi connectivity index (χ2v) is 7.44. The third-order valence-electron chi connectivity index (χ3n) is 4.77. The predicted octanol–water partition coefficient (Wildman–Crippen LogP) is 3.35. The number of rotatable bonds is 6. The first-order valence-electron chi connectivity index (χ1n) is 8.44. The normalized spacial score (nSPS) is 20.3. The molecule has 1 aliphatic heterocycles. The van der Waals surface area contributed by atoms with E-state index >= 15 is 0 Å². The Hall–Kier alpha value is -0.900. The van der Waals surface area contributed by atoms with E-state index in [1.807, 2.05) is 0 Å². The smallest absolute Gasteiger partial charge is 0.0679 e. The second kappa shape index (κ2) is 7.58. The highest BCUT2D eigenvalue weighted by molar-refractivity contribution is 5.25. The number of nitrogens with zero attached hydrogens (tertiary/aromatic N) is 2. The fourth-order valence-corrected chi connectivity index (χ4v) is 2.98.